The van der Waals surface area contributed by atoms with Crippen LogP contribution < -0.4 is 9.80 Å². The number of hydroxylamine groups is 1. The second-order valence-corrected chi connectivity index (χ2v) is 3.89. The van der Waals surface area contributed by atoms with E-state index in [0.29, 0.717) is 6.41 Å². The number of nitrogens with zero attached hydrogens (tertiary/aromatic N) is 1. The molecule has 0 saturated heterocycles. The van der Waals surface area contributed by atoms with E-state index in [1.54, 1.807) is 13.8 Å². The molecule has 22 heavy (non-hydrogen) atoms. The Labute approximate surface area is 127 Å². The molecule has 0 aromatic heterocycles. The molecule has 0 bridgehead atoms. The van der Waals surface area contributed by atoms with Crippen molar-refractivity contribution in [3.05, 3.63) is 23.5 Å². The van der Waals surface area contributed by atoms with Gasteiger partial charge in [0.05, 0.1) is 18.9 Å². The highest BCUT2D eigenvalue weighted by Crippen LogP contribution is 2.33. The van der Waals surface area contributed by atoms with Gasteiger partial charge in [-0.3, -0.25) is 9.63 Å². The average Bonchev–Trinajstić information content (AvgIpc) is 2.51. The minimum atomic E-state index is -0.838. The van der Waals surface area contributed by atoms with Gasteiger partial charge in [0.15, 0.2) is 18.4 Å². The molecule has 1 amide bonds. The van der Waals surface area contributed by atoms with Crippen LogP contribution in [0.3, 0.4) is 0 Å². The van der Waals surface area contributed by atoms with Gasteiger partial charge in [-0.2, -0.15) is 5.06 Å². The van der Waals surface area contributed by atoms with Gasteiger partial charge in [-0.25, -0.2) is 9.18 Å². The molecule has 0 fully saturated rings. The zero-order chi connectivity index (χ0) is 16.5. The van der Waals surface area contributed by atoms with Gasteiger partial charge in [-0.05, 0) is 26.0 Å². The molecule has 0 spiro atoms. The van der Waals surface area contributed by atoms with Gasteiger partial charge in [-0.1, -0.05) is 0 Å². The highest BCUT2D eigenvalue weighted by Gasteiger charge is 2.26. The van der Waals surface area contributed by atoms with Crippen molar-refractivity contribution < 1.29 is 33.0 Å². The fourth-order valence-electron chi connectivity index (χ4n) is 1.69. The van der Waals surface area contributed by atoms with Crippen molar-refractivity contribution in [1.29, 1.82) is 0 Å². The summed E-state index contributed by atoms with van der Waals surface area (Å²) in [6.07, 6.45) is 0.361. The molecule has 0 N–H and O–H groups in total. The minimum absolute atomic E-state index is 0.0165. The van der Waals surface area contributed by atoms with Crippen LogP contribution in [-0.2, 0) is 19.1 Å². The maximum Gasteiger partial charge on any atom is 0.344 e. The van der Waals surface area contributed by atoms with Crippen molar-refractivity contribution in [2.45, 2.75) is 13.8 Å². The topological polar surface area (TPSA) is 74.3 Å². The van der Waals surface area contributed by atoms with E-state index in [1.165, 1.54) is 13.2 Å². The van der Waals surface area contributed by atoms with Gasteiger partial charge >= 0.3 is 5.97 Å². The zero-order valence-corrected chi connectivity index (χ0v) is 12.6. The summed E-state index contributed by atoms with van der Waals surface area (Å²) in [6.45, 7) is 3.24. The molecule has 122 valence electrons. The van der Waals surface area contributed by atoms with Crippen LogP contribution in [0.25, 0.3) is 0 Å². The molecule has 1 rings (SSSR count). The smallest absolute Gasteiger partial charge is 0.344 e. The number of esters is 1. The Morgan fingerprint density at radius 3 is 2.59 bits per heavy atom. The Balaban J connectivity index is 3.41. The maximum atomic E-state index is 14.0. The lowest BCUT2D eigenvalue weighted by molar-refractivity contribution is -0.113. The first-order valence-electron chi connectivity index (χ1n) is 6.59. The van der Waals surface area contributed by atoms with E-state index in [-0.39, 0.29) is 37.0 Å². The SMILES string of the molecule is CCOC(=O)c1c(N(C=O)OCC)ccc(F)c1OCOC. The fourth-order valence-corrected chi connectivity index (χ4v) is 1.69. The van der Waals surface area contributed by atoms with Gasteiger partial charge in [0.25, 0.3) is 0 Å². The average molecular weight is 315 g/mol. The first-order chi connectivity index (χ1) is 10.6. The highest BCUT2D eigenvalue weighted by molar-refractivity contribution is 6.00. The van der Waals surface area contributed by atoms with E-state index in [0.717, 1.165) is 11.1 Å². The van der Waals surface area contributed by atoms with E-state index < -0.39 is 11.8 Å². The fraction of sp³-hybridized carbons (Fsp3) is 0.429. The predicted octanol–water partition coefficient (Wildman–Crippen LogP) is 1.90. The number of amides is 1. The first kappa shape index (κ1) is 17.9. The van der Waals surface area contributed by atoms with Crippen LogP contribution in [0.4, 0.5) is 10.1 Å². The van der Waals surface area contributed by atoms with Crippen LogP contribution in [0, 0.1) is 5.82 Å². The van der Waals surface area contributed by atoms with Crippen LogP contribution in [0.1, 0.15) is 24.2 Å². The van der Waals surface area contributed by atoms with Crippen LogP contribution in [0.15, 0.2) is 12.1 Å². The molecule has 0 saturated carbocycles. The predicted molar refractivity (Wildman–Crippen MR) is 75.0 cm³/mol. The lowest BCUT2D eigenvalue weighted by Crippen LogP contribution is -2.25. The second kappa shape index (κ2) is 8.96. The number of hydrogen-bond acceptors (Lipinski definition) is 6. The van der Waals surface area contributed by atoms with Gasteiger partial charge in [0.2, 0.25) is 6.41 Å². The third-order valence-electron chi connectivity index (χ3n) is 2.49. The van der Waals surface area contributed by atoms with E-state index >= 15 is 0 Å². The van der Waals surface area contributed by atoms with E-state index in [9.17, 15) is 14.0 Å². The number of carbonyl (C=O) groups is 2. The standard InChI is InChI=1S/C14H18FNO6/c1-4-20-14(18)12-11(16(8-17)22-5-2)7-6-10(15)13(12)21-9-19-3/h6-8H,4-5,9H2,1-3H3. The summed E-state index contributed by atoms with van der Waals surface area (Å²) in [5.41, 5.74) is -0.234. The molecular weight excluding hydrogens is 297 g/mol. The number of ether oxygens (including phenoxy) is 3. The van der Waals surface area contributed by atoms with Crippen LogP contribution in [-0.4, -0.2) is 39.5 Å². The number of halogens is 1. The molecule has 0 unspecified atom stereocenters. The van der Waals surface area contributed by atoms with Crippen molar-refractivity contribution in [2.24, 2.45) is 0 Å². The Bertz CT molecular complexity index is 522. The number of carbonyl (C=O) groups excluding carboxylic acids is 2. The Morgan fingerprint density at radius 1 is 1.32 bits per heavy atom. The molecule has 0 atom stereocenters. The normalized spacial score (nSPS) is 10.2. The largest absolute Gasteiger partial charge is 0.463 e. The Kier molecular flexibility index (Phi) is 7.27. The quantitative estimate of drug-likeness (QED) is 0.300. The van der Waals surface area contributed by atoms with Crippen molar-refractivity contribution in [3.8, 4) is 5.75 Å². The third kappa shape index (κ3) is 4.15. The molecule has 0 radical (unpaired) electrons. The lowest BCUT2D eigenvalue weighted by Gasteiger charge is -2.21. The molecule has 0 aliphatic rings. The minimum Gasteiger partial charge on any atom is -0.463 e. The van der Waals surface area contributed by atoms with Crippen molar-refractivity contribution in [3.63, 3.8) is 0 Å². The molecule has 1 aromatic rings. The van der Waals surface area contributed by atoms with Gasteiger partial charge in [-0.15, -0.1) is 0 Å². The molecule has 0 aliphatic carbocycles. The molecular formula is C14H18FNO6. The van der Waals surface area contributed by atoms with Crippen LogP contribution in [0.2, 0.25) is 0 Å². The number of hydrogen-bond donors (Lipinski definition) is 0. The van der Waals surface area contributed by atoms with E-state index in [1.807, 2.05) is 0 Å². The second-order valence-electron chi connectivity index (χ2n) is 3.89. The van der Waals surface area contributed by atoms with Gasteiger partial charge < -0.3 is 14.2 Å². The monoisotopic (exact) mass is 315 g/mol. The first-order valence-corrected chi connectivity index (χ1v) is 6.59. The Hall–Kier alpha value is -2.19. The Morgan fingerprint density at radius 2 is 2.05 bits per heavy atom. The molecule has 8 heteroatoms. The molecule has 0 heterocycles. The third-order valence-corrected chi connectivity index (χ3v) is 2.49. The lowest BCUT2D eigenvalue weighted by atomic mass is 10.1. The summed E-state index contributed by atoms with van der Waals surface area (Å²) >= 11 is 0. The van der Waals surface area contributed by atoms with Crippen LogP contribution >= 0.6 is 0 Å². The zero-order valence-electron chi connectivity index (χ0n) is 12.6. The summed E-state index contributed by atoms with van der Waals surface area (Å²) in [4.78, 5) is 28.3. The van der Waals surface area contributed by atoms with E-state index in [2.05, 4.69) is 0 Å². The van der Waals surface area contributed by atoms with Crippen molar-refractivity contribution >= 4 is 18.1 Å². The molecule has 1 aromatic carbocycles. The van der Waals surface area contributed by atoms with Gasteiger partial charge in [0.1, 0.15) is 5.56 Å². The number of benzene rings is 1. The summed E-state index contributed by atoms with van der Waals surface area (Å²) in [7, 11) is 1.35. The molecule has 7 nitrogen and oxygen atoms in total. The van der Waals surface area contributed by atoms with Crippen LogP contribution in [0.5, 0.6) is 5.75 Å². The van der Waals surface area contributed by atoms with Gasteiger partial charge in [0, 0.05) is 7.11 Å². The molecule has 0 aliphatic heterocycles. The number of methoxy groups -OCH3 is 1. The summed E-state index contributed by atoms with van der Waals surface area (Å²) in [5, 5.41) is 0.811. The summed E-state index contributed by atoms with van der Waals surface area (Å²) < 4.78 is 28.7. The number of anilines is 1. The summed E-state index contributed by atoms with van der Waals surface area (Å²) in [6, 6.07) is 2.28. The highest BCUT2D eigenvalue weighted by atomic mass is 19.1. The van der Waals surface area contributed by atoms with Crippen molar-refractivity contribution in [2.75, 3.05) is 32.2 Å². The summed E-state index contributed by atoms with van der Waals surface area (Å²) in [5.74, 6) is -2.00. The number of rotatable bonds is 9. The maximum absolute atomic E-state index is 14.0. The van der Waals surface area contributed by atoms with Crippen molar-refractivity contribution in [1.82, 2.24) is 0 Å². The van der Waals surface area contributed by atoms with E-state index in [4.69, 9.17) is 19.0 Å².